The van der Waals surface area contributed by atoms with Gasteiger partial charge in [0.25, 0.3) is 5.91 Å². The summed E-state index contributed by atoms with van der Waals surface area (Å²) in [7, 11) is 3.72. The van der Waals surface area contributed by atoms with Gasteiger partial charge in [-0.25, -0.2) is 9.59 Å². The van der Waals surface area contributed by atoms with E-state index in [2.05, 4.69) is 5.32 Å². The number of carbonyl (C=O) groups is 3. The van der Waals surface area contributed by atoms with Crippen molar-refractivity contribution in [2.24, 2.45) is 0 Å². The van der Waals surface area contributed by atoms with Crippen molar-refractivity contribution in [1.82, 2.24) is 0 Å². The van der Waals surface area contributed by atoms with E-state index in [1.807, 2.05) is 57.4 Å². The van der Waals surface area contributed by atoms with Crippen LogP contribution in [0, 0.1) is 6.92 Å². The van der Waals surface area contributed by atoms with Crippen molar-refractivity contribution in [3.8, 4) is 0 Å². The number of para-hydroxylation sites is 1. The van der Waals surface area contributed by atoms with Gasteiger partial charge in [0.05, 0.1) is 32.0 Å². The van der Waals surface area contributed by atoms with Gasteiger partial charge in [-0.05, 0) is 31.0 Å². The molecule has 0 spiro atoms. The molecule has 0 atom stereocenters. The highest BCUT2D eigenvalue weighted by molar-refractivity contribution is 6.05. The van der Waals surface area contributed by atoms with Crippen molar-refractivity contribution in [3.63, 3.8) is 0 Å². The summed E-state index contributed by atoms with van der Waals surface area (Å²) in [6.45, 7) is 4.09. The van der Waals surface area contributed by atoms with E-state index in [4.69, 9.17) is 9.47 Å². The molecule has 0 radical (unpaired) electrons. The Morgan fingerprint density at radius 1 is 1.00 bits per heavy atom. The lowest BCUT2D eigenvalue weighted by atomic mass is 10.1. The van der Waals surface area contributed by atoms with Gasteiger partial charge in [-0.2, -0.15) is 0 Å². The number of nitrogens with one attached hydrogen (secondary N) is 1. The molecule has 0 bridgehead atoms. The van der Waals surface area contributed by atoms with Crippen LogP contribution in [0.15, 0.2) is 48.5 Å². The first-order valence-electron chi connectivity index (χ1n) is 10.8. The van der Waals surface area contributed by atoms with Gasteiger partial charge in [-0.15, -0.1) is 0 Å². The third-order valence-corrected chi connectivity index (χ3v) is 6.08. The fraction of sp³-hybridized carbons (Fsp3) is 0.400. The summed E-state index contributed by atoms with van der Waals surface area (Å²) in [6.07, 6.45) is 1.30. The van der Waals surface area contributed by atoms with Crippen LogP contribution in [0.2, 0.25) is 0 Å². The number of carbonyl (C=O) groups excluding carboxylic acids is 3. The van der Waals surface area contributed by atoms with Crippen LogP contribution < -0.4 is 5.32 Å². The number of aryl methyl sites for hydroxylation is 1. The summed E-state index contributed by atoms with van der Waals surface area (Å²) in [4.78, 5) is 38.2. The van der Waals surface area contributed by atoms with Gasteiger partial charge in [0.1, 0.15) is 6.61 Å². The summed E-state index contributed by atoms with van der Waals surface area (Å²) in [5, 5.41) is 2.95. The average molecular weight is 440 g/mol. The SMILES string of the molecule is CCOC(=O)c1cccc(C)c1NC(=O)C1([N+](C)(C)CC(=O)OCc2ccccc2)CC1. The summed E-state index contributed by atoms with van der Waals surface area (Å²) >= 11 is 0. The molecule has 2 aromatic rings. The van der Waals surface area contributed by atoms with Gasteiger partial charge < -0.3 is 19.3 Å². The van der Waals surface area contributed by atoms with E-state index in [0.717, 1.165) is 11.1 Å². The van der Waals surface area contributed by atoms with Gasteiger partial charge in [0.15, 0.2) is 12.1 Å². The number of benzene rings is 2. The Bertz CT molecular complexity index is 997. The van der Waals surface area contributed by atoms with Crippen molar-refractivity contribution >= 4 is 23.5 Å². The molecule has 7 heteroatoms. The van der Waals surface area contributed by atoms with E-state index in [1.54, 1.807) is 19.1 Å². The van der Waals surface area contributed by atoms with E-state index in [1.165, 1.54) is 0 Å². The zero-order valence-electron chi connectivity index (χ0n) is 19.1. The maximum absolute atomic E-state index is 13.4. The Balaban J connectivity index is 1.70. The number of hydrogen-bond acceptors (Lipinski definition) is 5. The highest BCUT2D eigenvalue weighted by Gasteiger charge is 2.63. The summed E-state index contributed by atoms with van der Waals surface area (Å²) in [6, 6.07) is 14.7. The van der Waals surface area contributed by atoms with Crippen LogP contribution in [-0.2, 0) is 25.7 Å². The Kier molecular flexibility index (Phi) is 6.99. The molecule has 1 N–H and O–H groups in total. The molecule has 0 saturated heterocycles. The Morgan fingerprint density at radius 2 is 1.69 bits per heavy atom. The first-order chi connectivity index (χ1) is 15.2. The second-order valence-electron chi connectivity index (χ2n) is 8.69. The molecule has 0 unspecified atom stereocenters. The molecular formula is C25H31N2O5+. The standard InChI is InChI=1S/C25H30N2O5/c1-5-31-23(29)20-13-9-10-18(2)22(20)26-24(30)25(14-15-25)27(3,4)16-21(28)32-17-19-11-7-6-8-12-19/h6-13H,5,14-17H2,1-4H3/p+1. The van der Waals surface area contributed by atoms with Crippen LogP contribution in [0.3, 0.4) is 0 Å². The van der Waals surface area contributed by atoms with E-state index in [9.17, 15) is 14.4 Å². The first kappa shape index (κ1) is 23.5. The van der Waals surface area contributed by atoms with E-state index in [-0.39, 0.29) is 36.1 Å². The van der Waals surface area contributed by atoms with Crippen LogP contribution >= 0.6 is 0 Å². The van der Waals surface area contributed by atoms with Crippen molar-refractivity contribution in [2.75, 3.05) is 32.6 Å². The molecule has 32 heavy (non-hydrogen) atoms. The normalized spacial score (nSPS) is 14.4. The second kappa shape index (κ2) is 9.53. The van der Waals surface area contributed by atoms with Crippen LogP contribution in [0.4, 0.5) is 5.69 Å². The Hall–Kier alpha value is -3.19. The maximum atomic E-state index is 13.4. The third-order valence-electron chi connectivity index (χ3n) is 6.08. The van der Waals surface area contributed by atoms with Crippen LogP contribution in [0.1, 0.15) is 41.3 Å². The molecule has 0 aromatic heterocycles. The van der Waals surface area contributed by atoms with Gasteiger partial charge in [0, 0.05) is 12.8 Å². The molecule has 1 amide bonds. The fourth-order valence-electron chi connectivity index (χ4n) is 3.93. The molecule has 1 saturated carbocycles. The number of amides is 1. The number of hydrogen-bond donors (Lipinski definition) is 1. The van der Waals surface area contributed by atoms with Crippen molar-refractivity contribution in [2.45, 2.75) is 38.8 Å². The number of ether oxygens (including phenoxy) is 2. The van der Waals surface area contributed by atoms with Crippen LogP contribution in [0.25, 0.3) is 0 Å². The fourth-order valence-corrected chi connectivity index (χ4v) is 3.93. The first-order valence-corrected chi connectivity index (χ1v) is 10.8. The van der Waals surface area contributed by atoms with E-state index >= 15 is 0 Å². The number of quaternary nitrogens is 1. The minimum absolute atomic E-state index is 0.0682. The lowest BCUT2D eigenvalue weighted by molar-refractivity contribution is -0.909. The van der Waals surface area contributed by atoms with Crippen molar-refractivity contribution in [1.29, 1.82) is 0 Å². The van der Waals surface area contributed by atoms with Crippen LogP contribution in [-0.4, -0.2) is 55.1 Å². The lowest BCUT2D eigenvalue weighted by Crippen LogP contribution is -2.59. The van der Waals surface area contributed by atoms with E-state index < -0.39 is 11.5 Å². The van der Waals surface area contributed by atoms with Gasteiger partial charge in [-0.1, -0.05) is 42.5 Å². The predicted molar refractivity (Wildman–Crippen MR) is 121 cm³/mol. The summed E-state index contributed by atoms with van der Waals surface area (Å²) < 4.78 is 10.7. The molecule has 170 valence electrons. The predicted octanol–water partition coefficient (Wildman–Crippen LogP) is 3.46. The molecule has 2 aromatic carbocycles. The van der Waals surface area contributed by atoms with Gasteiger partial charge in [-0.3, -0.25) is 4.79 Å². The van der Waals surface area contributed by atoms with Gasteiger partial charge in [0.2, 0.25) is 0 Å². The van der Waals surface area contributed by atoms with Crippen LogP contribution in [0.5, 0.6) is 0 Å². The molecule has 1 fully saturated rings. The number of anilines is 1. The molecule has 1 aliphatic rings. The highest BCUT2D eigenvalue weighted by atomic mass is 16.5. The smallest absolute Gasteiger partial charge is 0.362 e. The monoisotopic (exact) mass is 439 g/mol. The molecular weight excluding hydrogens is 408 g/mol. The minimum atomic E-state index is -0.750. The maximum Gasteiger partial charge on any atom is 0.362 e. The molecule has 3 rings (SSSR count). The Labute approximate surface area is 188 Å². The summed E-state index contributed by atoms with van der Waals surface area (Å²) in [5.41, 5.74) is 1.71. The van der Waals surface area contributed by atoms with Gasteiger partial charge >= 0.3 is 11.9 Å². The highest BCUT2D eigenvalue weighted by Crippen LogP contribution is 2.46. The average Bonchev–Trinajstić information content (AvgIpc) is 3.57. The molecule has 0 heterocycles. The Morgan fingerprint density at radius 3 is 2.31 bits per heavy atom. The van der Waals surface area contributed by atoms with Crippen molar-refractivity contribution < 1.29 is 28.3 Å². The zero-order chi connectivity index (χ0) is 23.4. The topological polar surface area (TPSA) is 81.7 Å². The zero-order valence-corrected chi connectivity index (χ0v) is 19.1. The number of rotatable bonds is 9. The lowest BCUT2D eigenvalue weighted by Gasteiger charge is -2.36. The second-order valence-corrected chi connectivity index (χ2v) is 8.69. The largest absolute Gasteiger partial charge is 0.462 e. The molecule has 1 aliphatic carbocycles. The number of esters is 2. The van der Waals surface area contributed by atoms with E-state index in [0.29, 0.717) is 24.1 Å². The quantitative estimate of drug-likeness (QED) is 0.478. The third kappa shape index (κ3) is 4.99. The molecule has 0 aliphatic heterocycles. The van der Waals surface area contributed by atoms with Crippen molar-refractivity contribution in [3.05, 3.63) is 65.2 Å². The minimum Gasteiger partial charge on any atom is -0.462 e. The number of nitrogens with zero attached hydrogens (tertiary/aromatic N) is 1. The molecule has 7 nitrogen and oxygen atoms in total. The summed E-state index contributed by atoms with van der Waals surface area (Å²) in [5.74, 6) is -1.05. The number of likely N-dealkylation sites (N-methyl/N-ethyl adjacent to an activating group) is 1.